The van der Waals surface area contributed by atoms with Gasteiger partial charge >= 0.3 is 5.97 Å². The predicted molar refractivity (Wildman–Crippen MR) is 62.8 cm³/mol. The molecule has 1 aromatic heterocycles. The van der Waals surface area contributed by atoms with E-state index in [4.69, 9.17) is 9.52 Å². The van der Waals surface area contributed by atoms with Gasteiger partial charge in [-0.05, 0) is 37.8 Å². The molecule has 7 heteroatoms. The summed E-state index contributed by atoms with van der Waals surface area (Å²) in [6.07, 6.45) is 2.05. The third-order valence-electron chi connectivity index (χ3n) is 3.30. The highest BCUT2D eigenvalue weighted by molar-refractivity contribution is 7.89. The molecule has 0 amide bonds. The van der Waals surface area contributed by atoms with Gasteiger partial charge in [-0.15, -0.1) is 0 Å². The van der Waals surface area contributed by atoms with Gasteiger partial charge in [-0.25, -0.2) is 13.2 Å². The molecule has 0 bridgehead atoms. The van der Waals surface area contributed by atoms with E-state index in [-0.39, 0.29) is 16.9 Å². The van der Waals surface area contributed by atoms with Gasteiger partial charge in [-0.2, -0.15) is 4.31 Å². The fourth-order valence-corrected chi connectivity index (χ4v) is 3.14. The summed E-state index contributed by atoms with van der Waals surface area (Å²) in [5.41, 5.74) is 0. The molecule has 100 valence electrons. The van der Waals surface area contributed by atoms with E-state index in [1.165, 1.54) is 17.4 Å². The molecule has 2 rings (SSSR count). The van der Waals surface area contributed by atoms with Gasteiger partial charge in [0.1, 0.15) is 0 Å². The van der Waals surface area contributed by atoms with Crippen LogP contribution in [0.15, 0.2) is 21.6 Å². The average molecular weight is 273 g/mol. The largest absolute Gasteiger partial charge is 0.475 e. The molecule has 1 N–H and O–H groups in total. The van der Waals surface area contributed by atoms with E-state index in [0.717, 1.165) is 18.9 Å². The summed E-state index contributed by atoms with van der Waals surface area (Å²) in [5, 5.41) is 8.38. The smallest absolute Gasteiger partial charge is 0.371 e. The average Bonchev–Trinajstić information content (AvgIpc) is 3.02. The van der Waals surface area contributed by atoms with Crippen molar-refractivity contribution in [1.82, 2.24) is 4.31 Å². The Bertz CT molecular complexity index is 558. The van der Waals surface area contributed by atoms with Crippen LogP contribution in [0.4, 0.5) is 0 Å². The van der Waals surface area contributed by atoms with Crippen molar-refractivity contribution in [2.75, 3.05) is 7.05 Å². The standard InChI is InChI=1S/C11H15NO5S/c1-7(8-3-4-8)12(2)18(15,16)10-6-5-9(17-10)11(13)14/h5-8H,3-4H2,1-2H3,(H,13,14). The van der Waals surface area contributed by atoms with Crippen molar-refractivity contribution in [3.63, 3.8) is 0 Å². The van der Waals surface area contributed by atoms with E-state index in [0.29, 0.717) is 5.92 Å². The van der Waals surface area contributed by atoms with Crippen LogP contribution in [0.2, 0.25) is 0 Å². The van der Waals surface area contributed by atoms with Crippen molar-refractivity contribution in [2.45, 2.75) is 30.9 Å². The molecule has 1 fully saturated rings. The van der Waals surface area contributed by atoms with Crippen molar-refractivity contribution in [3.8, 4) is 0 Å². The van der Waals surface area contributed by atoms with Crippen molar-refractivity contribution < 1.29 is 22.7 Å². The molecule has 0 saturated heterocycles. The Morgan fingerprint density at radius 2 is 2.11 bits per heavy atom. The van der Waals surface area contributed by atoms with Crippen LogP contribution in [0.1, 0.15) is 30.3 Å². The quantitative estimate of drug-likeness (QED) is 0.876. The molecule has 1 unspecified atom stereocenters. The van der Waals surface area contributed by atoms with Crippen LogP contribution in [0.5, 0.6) is 0 Å². The molecule has 18 heavy (non-hydrogen) atoms. The summed E-state index contributed by atoms with van der Waals surface area (Å²) in [6.45, 7) is 1.84. The molecular formula is C11H15NO5S. The number of carboxylic acids is 1. The maximum atomic E-state index is 12.2. The van der Waals surface area contributed by atoms with Crippen molar-refractivity contribution >= 4 is 16.0 Å². The monoisotopic (exact) mass is 273 g/mol. The summed E-state index contributed by atoms with van der Waals surface area (Å²) < 4.78 is 30.5. The Balaban J connectivity index is 2.26. The fraction of sp³-hybridized carbons (Fsp3) is 0.545. The zero-order valence-electron chi connectivity index (χ0n) is 10.2. The molecule has 1 aliphatic rings. The second-order valence-corrected chi connectivity index (χ2v) is 6.45. The Morgan fingerprint density at radius 3 is 2.56 bits per heavy atom. The van der Waals surface area contributed by atoms with Crippen LogP contribution >= 0.6 is 0 Å². The van der Waals surface area contributed by atoms with E-state index in [9.17, 15) is 13.2 Å². The van der Waals surface area contributed by atoms with Gasteiger partial charge in [-0.1, -0.05) is 0 Å². The molecule has 0 radical (unpaired) electrons. The SMILES string of the molecule is CC(C1CC1)N(C)S(=O)(=O)c1ccc(C(=O)O)o1. The Labute approximate surface area is 105 Å². The minimum absolute atomic E-state index is 0.103. The van der Waals surface area contributed by atoms with E-state index < -0.39 is 16.0 Å². The summed E-state index contributed by atoms with van der Waals surface area (Å²) >= 11 is 0. The number of hydrogen-bond donors (Lipinski definition) is 1. The van der Waals surface area contributed by atoms with Crippen LogP contribution in [-0.4, -0.2) is 36.9 Å². The zero-order valence-corrected chi connectivity index (χ0v) is 11.0. The summed E-state index contributed by atoms with van der Waals surface area (Å²) in [4.78, 5) is 10.7. The number of furan rings is 1. The van der Waals surface area contributed by atoms with Gasteiger partial charge in [0.05, 0.1) is 0 Å². The number of nitrogens with zero attached hydrogens (tertiary/aromatic N) is 1. The highest BCUT2D eigenvalue weighted by Crippen LogP contribution is 2.36. The lowest BCUT2D eigenvalue weighted by Gasteiger charge is -2.22. The third kappa shape index (κ3) is 2.28. The molecular weight excluding hydrogens is 258 g/mol. The first-order chi connectivity index (χ1) is 8.34. The Kier molecular flexibility index (Phi) is 3.20. The van der Waals surface area contributed by atoms with Crippen LogP contribution in [0, 0.1) is 5.92 Å². The number of carbonyl (C=O) groups is 1. The van der Waals surface area contributed by atoms with Crippen LogP contribution in [-0.2, 0) is 10.0 Å². The summed E-state index contributed by atoms with van der Waals surface area (Å²) in [6, 6.07) is 2.22. The van der Waals surface area contributed by atoms with E-state index in [1.807, 2.05) is 6.92 Å². The van der Waals surface area contributed by atoms with Gasteiger partial charge in [0.15, 0.2) is 0 Å². The molecule has 1 heterocycles. The van der Waals surface area contributed by atoms with Gasteiger partial charge in [0.25, 0.3) is 10.0 Å². The van der Waals surface area contributed by atoms with Crippen molar-refractivity contribution in [2.24, 2.45) is 5.92 Å². The first-order valence-corrected chi connectivity index (χ1v) is 7.09. The molecule has 0 aliphatic heterocycles. The first-order valence-electron chi connectivity index (χ1n) is 5.65. The predicted octanol–water partition coefficient (Wildman–Crippen LogP) is 1.40. The van der Waals surface area contributed by atoms with E-state index in [2.05, 4.69) is 0 Å². The van der Waals surface area contributed by atoms with Gasteiger partial charge < -0.3 is 9.52 Å². The topological polar surface area (TPSA) is 87.8 Å². The molecule has 0 spiro atoms. The van der Waals surface area contributed by atoms with E-state index in [1.54, 1.807) is 0 Å². The van der Waals surface area contributed by atoms with Crippen LogP contribution < -0.4 is 0 Å². The van der Waals surface area contributed by atoms with Gasteiger partial charge in [-0.3, -0.25) is 0 Å². The zero-order chi connectivity index (χ0) is 13.5. The lowest BCUT2D eigenvalue weighted by Crippen LogP contribution is -2.36. The first kappa shape index (κ1) is 13.1. The number of rotatable bonds is 5. The Morgan fingerprint density at radius 1 is 1.50 bits per heavy atom. The van der Waals surface area contributed by atoms with Gasteiger partial charge in [0, 0.05) is 13.1 Å². The van der Waals surface area contributed by atoms with E-state index >= 15 is 0 Å². The van der Waals surface area contributed by atoms with Crippen molar-refractivity contribution in [1.29, 1.82) is 0 Å². The maximum Gasteiger partial charge on any atom is 0.371 e. The third-order valence-corrected chi connectivity index (χ3v) is 5.12. The van der Waals surface area contributed by atoms with Gasteiger partial charge in [0.2, 0.25) is 10.9 Å². The van der Waals surface area contributed by atoms with Crippen LogP contribution in [0.3, 0.4) is 0 Å². The number of hydrogen-bond acceptors (Lipinski definition) is 4. The molecule has 6 nitrogen and oxygen atoms in total. The van der Waals surface area contributed by atoms with Crippen molar-refractivity contribution in [3.05, 3.63) is 17.9 Å². The fourth-order valence-electron chi connectivity index (χ4n) is 1.81. The lowest BCUT2D eigenvalue weighted by molar-refractivity contribution is 0.0656. The number of carboxylic acid groups (broad SMARTS) is 1. The highest BCUT2D eigenvalue weighted by Gasteiger charge is 2.37. The van der Waals surface area contributed by atoms with Crippen LogP contribution in [0.25, 0.3) is 0 Å². The second kappa shape index (κ2) is 4.40. The molecule has 1 saturated carbocycles. The molecule has 1 aliphatic carbocycles. The minimum atomic E-state index is -3.75. The summed E-state index contributed by atoms with van der Waals surface area (Å²) in [5.74, 6) is -1.27. The highest BCUT2D eigenvalue weighted by atomic mass is 32.2. The molecule has 1 atom stereocenters. The minimum Gasteiger partial charge on any atom is -0.475 e. The second-order valence-electron chi connectivity index (χ2n) is 4.52. The molecule has 1 aromatic rings. The maximum absolute atomic E-state index is 12.2. The normalized spacial score (nSPS) is 17.9. The number of aromatic carboxylic acids is 1. The number of sulfonamides is 1. The lowest BCUT2D eigenvalue weighted by atomic mass is 10.2. The Hall–Kier alpha value is -1.34. The molecule has 0 aromatic carbocycles. The summed E-state index contributed by atoms with van der Waals surface area (Å²) in [7, 11) is -2.27.